The van der Waals surface area contributed by atoms with Gasteiger partial charge < -0.3 is 14.6 Å². The summed E-state index contributed by atoms with van der Waals surface area (Å²) in [5.74, 6) is -0.324. The highest BCUT2D eigenvalue weighted by molar-refractivity contribution is 6.07. The van der Waals surface area contributed by atoms with Crippen molar-refractivity contribution in [1.29, 1.82) is 0 Å². The Morgan fingerprint density at radius 2 is 1.50 bits per heavy atom. The van der Waals surface area contributed by atoms with Crippen LogP contribution in [0.5, 0.6) is 0 Å². The number of nitrogens with zero attached hydrogens (tertiary/aromatic N) is 1. The molecule has 0 fully saturated rings. The fraction of sp³-hybridized carbons (Fsp3) is 0.185. The molecule has 0 saturated heterocycles. The molecule has 3 aromatic carbocycles. The molecular formula is C27H26N2O3. The molecule has 0 radical (unpaired) electrons. The Bertz CT molecular complexity index is 1250. The molecule has 4 aromatic rings. The summed E-state index contributed by atoms with van der Waals surface area (Å²) in [6.07, 6.45) is 0.785. The summed E-state index contributed by atoms with van der Waals surface area (Å²) >= 11 is 0. The molecule has 5 heteroatoms. The van der Waals surface area contributed by atoms with E-state index < -0.39 is 5.63 Å². The molecule has 0 bridgehead atoms. The van der Waals surface area contributed by atoms with Gasteiger partial charge in [0, 0.05) is 24.0 Å². The maximum Gasteiger partial charge on any atom is 0.344 e. The lowest BCUT2D eigenvalue weighted by Gasteiger charge is -2.17. The zero-order valence-electron chi connectivity index (χ0n) is 18.1. The molecule has 32 heavy (non-hydrogen) atoms. The van der Waals surface area contributed by atoms with E-state index in [2.05, 4.69) is 29.4 Å². The van der Waals surface area contributed by atoms with Crippen LogP contribution in [0.4, 0.5) is 0 Å². The summed E-state index contributed by atoms with van der Waals surface area (Å²) in [6.45, 7) is 2.18. The molecule has 1 amide bonds. The molecule has 1 heterocycles. The average Bonchev–Trinajstić information content (AvgIpc) is 2.83. The number of carbonyl (C=O) groups excluding carboxylic acids is 1. The Hall–Kier alpha value is -3.70. The topological polar surface area (TPSA) is 62.6 Å². The lowest BCUT2D eigenvalue weighted by Crippen LogP contribution is -2.29. The number of hydrogen-bond acceptors (Lipinski definition) is 4. The van der Waals surface area contributed by atoms with Gasteiger partial charge in [0.2, 0.25) is 5.76 Å². The van der Waals surface area contributed by atoms with Crippen molar-refractivity contribution in [2.45, 2.75) is 13.0 Å². The fourth-order valence-electron chi connectivity index (χ4n) is 3.86. The van der Waals surface area contributed by atoms with Crippen LogP contribution >= 0.6 is 0 Å². The highest BCUT2D eigenvalue weighted by Gasteiger charge is 2.20. The minimum atomic E-state index is -0.506. The molecule has 0 saturated carbocycles. The molecule has 4 rings (SSSR count). The van der Waals surface area contributed by atoms with Gasteiger partial charge >= 0.3 is 5.63 Å². The van der Waals surface area contributed by atoms with Crippen LogP contribution in [0.3, 0.4) is 0 Å². The molecule has 0 unspecified atom stereocenters. The van der Waals surface area contributed by atoms with Gasteiger partial charge in [0.15, 0.2) is 0 Å². The summed E-state index contributed by atoms with van der Waals surface area (Å²) in [7, 11) is 2.06. The third-order valence-electron chi connectivity index (χ3n) is 5.40. The fourth-order valence-corrected chi connectivity index (χ4v) is 3.86. The first-order chi connectivity index (χ1) is 15.6. The second kappa shape index (κ2) is 10.1. The first-order valence-electron chi connectivity index (χ1n) is 10.8. The summed E-state index contributed by atoms with van der Waals surface area (Å²) in [5.41, 5.74) is 2.22. The van der Waals surface area contributed by atoms with Crippen LogP contribution in [0.15, 0.2) is 94.1 Å². The quantitative estimate of drug-likeness (QED) is 0.415. The molecule has 0 aliphatic carbocycles. The first-order valence-corrected chi connectivity index (χ1v) is 10.8. The van der Waals surface area contributed by atoms with Gasteiger partial charge in [-0.05, 0) is 37.2 Å². The molecule has 0 aliphatic heterocycles. The van der Waals surface area contributed by atoms with E-state index in [0.717, 1.165) is 25.1 Å². The van der Waals surface area contributed by atoms with Crippen molar-refractivity contribution in [3.63, 3.8) is 0 Å². The highest BCUT2D eigenvalue weighted by atomic mass is 16.4. The van der Waals surface area contributed by atoms with E-state index in [1.807, 2.05) is 60.7 Å². The lowest BCUT2D eigenvalue weighted by molar-refractivity contribution is 0.0921. The van der Waals surface area contributed by atoms with Crippen molar-refractivity contribution < 1.29 is 9.21 Å². The molecule has 0 atom stereocenters. The van der Waals surface area contributed by atoms with Crippen LogP contribution in [0.2, 0.25) is 0 Å². The first kappa shape index (κ1) is 21.5. The number of carbonyl (C=O) groups is 1. The van der Waals surface area contributed by atoms with E-state index in [-0.39, 0.29) is 11.7 Å². The molecule has 1 N–H and O–H groups in total. The average molecular weight is 427 g/mol. The summed E-state index contributed by atoms with van der Waals surface area (Å²) in [4.78, 5) is 27.8. The molecular weight excluding hydrogens is 400 g/mol. The molecule has 5 nitrogen and oxygen atoms in total. The van der Waals surface area contributed by atoms with Crippen molar-refractivity contribution in [2.75, 3.05) is 20.1 Å². The second-order valence-corrected chi connectivity index (χ2v) is 7.84. The maximum absolute atomic E-state index is 13.0. The Labute approximate surface area is 187 Å². The number of nitrogens with one attached hydrogen (secondary N) is 1. The van der Waals surface area contributed by atoms with E-state index in [4.69, 9.17) is 4.42 Å². The van der Waals surface area contributed by atoms with Crippen molar-refractivity contribution in [3.8, 4) is 11.1 Å². The predicted molar refractivity (Wildman–Crippen MR) is 128 cm³/mol. The lowest BCUT2D eigenvalue weighted by atomic mass is 9.98. The number of benzene rings is 3. The molecule has 162 valence electrons. The minimum Gasteiger partial charge on any atom is -0.416 e. The molecule has 0 aliphatic rings. The van der Waals surface area contributed by atoms with Gasteiger partial charge in [-0.3, -0.25) is 4.79 Å². The SMILES string of the molecule is CN(CCCNC(=O)c1oc(=O)c2ccccc2c1-c1ccccc1)Cc1ccccc1. The predicted octanol–water partition coefficient (Wildman–Crippen LogP) is 4.71. The second-order valence-electron chi connectivity index (χ2n) is 7.84. The third-order valence-corrected chi connectivity index (χ3v) is 5.40. The van der Waals surface area contributed by atoms with Crippen molar-refractivity contribution in [2.24, 2.45) is 0 Å². The van der Waals surface area contributed by atoms with Crippen LogP contribution in [-0.4, -0.2) is 30.9 Å². The largest absolute Gasteiger partial charge is 0.416 e. The summed E-state index contributed by atoms with van der Waals surface area (Å²) < 4.78 is 5.52. The van der Waals surface area contributed by atoms with Gasteiger partial charge in [0.05, 0.1) is 5.39 Å². The smallest absolute Gasteiger partial charge is 0.344 e. The number of hydrogen-bond donors (Lipinski definition) is 1. The van der Waals surface area contributed by atoms with Crippen LogP contribution in [-0.2, 0) is 6.54 Å². The Morgan fingerprint density at radius 3 is 2.22 bits per heavy atom. The number of rotatable bonds is 8. The van der Waals surface area contributed by atoms with E-state index in [0.29, 0.717) is 22.9 Å². The van der Waals surface area contributed by atoms with Crippen LogP contribution in [0, 0.1) is 0 Å². The Morgan fingerprint density at radius 1 is 0.875 bits per heavy atom. The Balaban J connectivity index is 1.48. The maximum atomic E-state index is 13.0. The molecule has 1 aromatic heterocycles. The van der Waals surface area contributed by atoms with E-state index in [9.17, 15) is 9.59 Å². The van der Waals surface area contributed by atoms with Gasteiger partial charge in [-0.1, -0.05) is 78.9 Å². The van der Waals surface area contributed by atoms with E-state index in [1.165, 1.54) is 5.56 Å². The molecule has 0 spiro atoms. The van der Waals surface area contributed by atoms with Crippen LogP contribution in [0.1, 0.15) is 22.5 Å². The van der Waals surface area contributed by atoms with E-state index in [1.54, 1.807) is 12.1 Å². The normalized spacial score (nSPS) is 11.1. The van der Waals surface area contributed by atoms with Gasteiger partial charge in [0.1, 0.15) is 0 Å². The van der Waals surface area contributed by atoms with Gasteiger partial charge in [-0.25, -0.2) is 4.79 Å². The number of amides is 1. The van der Waals surface area contributed by atoms with Crippen molar-refractivity contribution in [1.82, 2.24) is 10.2 Å². The zero-order valence-corrected chi connectivity index (χ0v) is 18.1. The summed E-state index contributed by atoms with van der Waals surface area (Å²) in [5, 5.41) is 4.10. The van der Waals surface area contributed by atoms with Crippen molar-refractivity contribution in [3.05, 3.63) is 107 Å². The van der Waals surface area contributed by atoms with Gasteiger partial charge in [-0.15, -0.1) is 0 Å². The Kier molecular flexibility index (Phi) is 6.78. The highest BCUT2D eigenvalue weighted by Crippen LogP contribution is 2.30. The van der Waals surface area contributed by atoms with Gasteiger partial charge in [0.25, 0.3) is 5.91 Å². The van der Waals surface area contributed by atoms with Crippen molar-refractivity contribution >= 4 is 16.7 Å². The van der Waals surface area contributed by atoms with Gasteiger partial charge in [-0.2, -0.15) is 0 Å². The van der Waals surface area contributed by atoms with Crippen LogP contribution < -0.4 is 10.9 Å². The standard InChI is InChI=1S/C27H26N2O3/c1-29(19-20-11-4-2-5-12-20)18-10-17-28-26(30)25-24(21-13-6-3-7-14-21)22-15-8-9-16-23(22)27(31)32-25/h2-9,11-16H,10,17-19H2,1H3,(H,28,30). The monoisotopic (exact) mass is 426 g/mol. The van der Waals surface area contributed by atoms with Crippen LogP contribution in [0.25, 0.3) is 21.9 Å². The minimum absolute atomic E-state index is 0.0533. The third kappa shape index (κ3) is 4.95. The number of fused-ring (bicyclic) bond motifs is 1. The summed E-state index contributed by atoms with van der Waals surface area (Å²) in [6, 6.07) is 27.0. The zero-order chi connectivity index (χ0) is 22.3. The van der Waals surface area contributed by atoms with E-state index >= 15 is 0 Å².